The highest BCUT2D eigenvalue weighted by atomic mass is 16.3. The van der Waals surface area contributed by atoms with Gasteiger partial charge in [-0.1, -0.05) is 18.2 Å². The van der Waals surface area contributed by atoms with Crippen molar-refractivity contribution in [1.29, 1.82) is 0 Å². The molecule has 18 heavy (non-hydrogen) atoms. The van der Waals surface area contributed by atoms with Gasteiger partial charge in [-0.3, -0.25) is 4.90 Å². The van der Waals surface area contributed by atoms with Crippen molar-refractivity contribution in [2.45, 2.75) is 58.7 Å². The summed E-state index contributed by atoms with van der Waals surface area (Å²) < 4.78 is 0. The number of hydrogen-bond acceptors (Lipinski definition) is 2. The molecule has 1 aliphatic heterocycles. The van der Waals surface area contributed by atoms with Crippen LogP contribution in [-0.2, 0) is 6.54 Å². The molecule has 100 valence electrons. The Balaban J connectivity index is 2.01. The second kappa shape index (κ2) is 5.85. The zero-order valence-corrected chi connectivity index (χ0v) is 11.8. The number of aryl methyl sites for hydroxylation is 2. The van der Waals surface area contributed by atoms with E-state index in [2.05, 4.69) is 36.9 Å². The number of likely N-dealkylation sites (tertiary alicyclic amines) is 1. The van der Waals surface area contributed by atoms with Crippen molar-refractivity contribution >= 4 is 0 Å². The molecule has 1 fully saturated rings. The van der Waals surface area contributed by atoms with Crippen LogP contribution in [0.15, 0.2) is 18.2 Å². The van der Waals surface area contributed by atoms with Crippen LogP contribution in [-0.4, -0.2) is 28.7 Å². The average Bonchev–Trinajstić information content (AvgIpc) is 2.70. The molecule has 0 saturated carbocycles. The molecule has 1 aliphatic rings. The minimum atomic E-state index is -0.185. The summed E-state index contributed by atoms with van der Waals surface area (Å²) in [5.74, 6) is 0. The second-order valence-corrected chi connectivity index (χ2v) is 5.77. The Morgan fingerprint density at radius 3 is 2.78 bits per heavy atom. The van der Waals surface area contributed by atoms with Crippen molar-refractivity contribution in [2.75, 3.05) is 6.54 Å². The van der Waals surface area contributed by atoms with Crippen LogP contribution in [0.5, 0.6) is 0 Å². The van der Waals surface area contributed by atoms with Crippen molar-refractivity contribution in [2.24, 2.45) is 0 Å². The molecule has 2 nitrogen and oxygen atoms in total. The molecule has 2 atom stereocenters. The van der Waals surface area contributed by atoms with E-state index in [1.54, 1.807) is 0 Å². The third-order valence-electron chi connectivity index (χ3n) is 4.07. The van der Waals surface area contributed by atoms with Gasteiger partial charge in [-0.25, -0.2) is 0 Å². The fourth-order valence-corrected chi connectivity index (χ4v) is 2.90. The maximum atomic E-state index is 9.55. The van der Waals surface area contributed by atoms with Crippen molar-refractivity contribution < 1.29 is 5.11 Å². The number of aliphatic hydroxyl groups excluding tert-OH is 1. The molecular weight excluding hydrogens is 222 g/mol. The minimum absolute atomic E-state index is 0.185. The van der Waals surface area contributed by atoms with Crippen LogP contribution in [0.4, 0.5) is 0 Å². The van der Waals surface area contributed by atoms with Crippen molar-refractivity contribution in [1.82, 2.24) is 4.90 Å². The molecule has 1 saturated heterocycles. The van der Waals surface area contributed by atoms with E-state index in [9.17, 15) is 5.11 Å². The first kappa shape index (κ1) is 13.6. The first-order valence-corrected chi connectivity index (χ1v) is 7.04. The second-order valence-electron chi connectivity index (χ2n) is 5.77. The Morgan fingerprint density at radius 2 is 2.11 bits per heavy atom. The topological polar surface area (TPSA) is 23.5 Å². The van der Waals surface area contributed by atoms with E-state index >= 15 is 0 Å². The Morgan fingerprint density at radius 1 is 1.33 bits per heavy atom. The minimum Gasteiger partial charge on any atom is -0.393 e. The van der Waals surface area contributed by atoms with Crippen LogP contribution < -0.4 is 0 Å². The largest absolute Gasteiger partial charge is 0.393 e. The highest BCUT2D eigenvalue weighted by Gasteiger charge is 2.25. The first-order valence-electron chi connectivity index (χ1n) is 7.04. The Bertz CT molecular complexity index is 400. The lowest BCUT2D eigenvalue weighted by Crippen LogP contribution is -2.31. The quantitative estimate of drug-likeness (QED) is 0.884. The van der Waals surface area contributed by atoms with E-state index in [0.717, 1.165) is 13.0 Å². The number of hydrogen-bond donors (Lipinski definition) is 1. The molecule has 0 aliphatic carbocycles. The average molecular weight is 247 g/mol. The van der Waals surface area contributed by atoms with E-state index in [1.807, 2.05) is 6.92 Å². The lowest BCUT2D eigenvalue weighted by molar-refractivity contribution is 0.131. The molecule has 0 amide bonds. The van der Waals surface area contributed by atoms with Crippen molar-refractivity contribution in [3.8, 4) is 0 Å². The van der Waals surface area contributed by atoms with Gasteiger partial charge in [0.05, 0.1) is 6.10 Å². The van der Waals surface area contributed by atoms with Crippen LogP contribution in [0.1, 0.15) is 42.9 Å². The summed E-state index contributed by atoms with van der Waals surface area (Å²) >= 11 is 0. The van der Waals surface area contributed by atoms with Gasteiger partial charge in [0.15, 0.2) is 0 Å². The summed E-state index contributed by atoms with van der Waals surface area (Å²) in [7, 11) is 0. The van der Waals surface area contributed by atoms with E-state index in [1.165, 1.54) is 36.1 Å². The molecular formula is C16H25NO. The van der Waals surface area contributed by atoms with E-state index < -0.39 is 0 Å². The zero-order valence-electron chi connectivity index (χ0n) is 11.8. The molecule has 1 N–H and O–H groups in total. The van der Waals surface area contributed by atoms with Crippen LogP contribution in [0, 0.1) is 13.8 Å². The molecule has 0 radical (unpaired) electrons. The third kappa shape index (κ3) is 3.33. The predicted octanol–water partition coefficient (Wildman–Crippen LogP) is 3.04. The van der Waals surface area contributed by atoms with Crippen LogP contribution in [0.2, 0.25) is 0 Å². The van der Waals surface area contributed by atoms with Crippen LogP contribution >= 0.6 is 0 Å². The normalized spacial score (nSPS) is 22.3. The van der Waals surface area contributed by atoms with E-state index in [4.69, 9.17) is 0 Å². The van der Waals surface area contributed by atoms with E-state index in [-0.39, 0.29) is 6.10 Å². The predicted molar refractivity (Wildman–Crippen MR) is 75.6 cm³/mol. The van der Waals surface area contributed by atoms with Gasteiger partial charge in [0, 0.05) is 12.6 Å². The SMILES string of the molecule is Cc1ccc(CN2CCCC2CC(C)O)cc1C. The van der Waals surface area contributed by atoms with Gasteiger partial charge in [0.1, 0.15) is 0 Å². The molecule has 2 unspecified atom stereocenters. The Labute approximate surface area is 111 Å². The summed E-state index contributed by atoms with van der Waals surface area (Å²) in [4.78, 5) is 2.52. The fourth-order valence-electron chi connectivity index (χ4n) is 2.90. The number of aliphatic hydroxyl groups is 1. The molecule has 0 spiro atoms. The summed E-state index contributed by atoms with van der Waals surface area (Å²) in [6.45, 7) is 8.43. The Kier molecular flexibility index (Phi) is 4.41. The standard InChI is InChI=1S/C16H25NO/c1-12-6-7-15(9-13(12)2)11-17-8-4-5-16(17)10-14(3)18/h6-7,9,14,16,18H,4-5,8,10-11H2,1-3H3. The molecule has 2 rings (SSSR count). The summed E-state index contributed by atoms with van der Waals surface area (Å²) in [6, 6.07) is 7.31. The molecule has 1 heterocycles. The van der Waals surface area contributed by atoms with Gasteiger partial charge in [-0.15, -0.1) is 0 Å². The highest BCUT2D eigenvalue weighted by Crippen LogP contribution is 2.24. The summed E-state index contributed by atoms with van der Waals surface area (Å²) in [5, 5.41) is 9.55. The lowest BCUT2D eigenvalue weighted by Gasteiger charge is -2.25. The molecule has 0 aromatic heterocycles. The number of benzene rings is 1. The summed E-state index contributed by atoms with van der Waals surface area (Å²) in [5.41, 5.74) is 4.13. The van der Waals surface area contributed by atoms with Crippen LogP contribution in [0.25, 0.3) is 0 Å². The number of rotatable bonds is 4. The fraction of sp³-hybridized carbons (Fsp3) is 0.625. The van der Waals surface area contributed by atoms with Gasteiger partial charge in [-0.05, 0) is 63.3 Å². The number of nitrogens with zero attached hydrogens (tertiary/aromatic N) is 1. The van der Waals surface area contributed by atoms with Gasteiger partial charge in [0.25, 0.3) is 0 Å². The molecule has 1 aromatic carbocycles. The molecule has 0 bridgehead atoms. The van der Waals surface area contributed by atoms with Crippen molar-refractivity contribution in [3.05, 3.63) is 34.9 Å². The molecule has 1 aromatic rings. The smallest absolute Gasteiger partial charge is 0.0527 e. The highest BCUT2D eigenvalue weighted by molar-refractivity contribution is 5.29. The van der Waals surface area contributed by atoms with Gasteiger partial charge >= 0.3 is 0 Å². The third-order valence-corrected chi connectivity index (χ3v) is 4.07. The summed E-state index contributed by atoms with van der Waals surface area (Å²) in [6.07, 6.45) is 3.22. The van der Waals surface area contributed by atoms with Gasteiger partial charge in [0.2, 0.25) is 0 Å². The first-order chi connectivity index (χ1) is 8.56. The monoisotopic (exact) mass is 247 g/mol. The zero-order chi connectivity index (χ0) is 13.1. The molecule has 2 heteroatoms. The van der Waals surface area contributed by atoms with Gasteiger partial charge in [-0.2, -0.15) is 0 Å². The van der Waals surface area contributed by atoms with Crippen molar-refractivity contribution in [3.63, 3.8) is 0 Å². The van der Waals surface area contributed by atoms with Gasteiger partial charge < -0.3 is 5.11 Å². The van der Waals surface area contributed by atoms with E-state index in [0.29, 0.717) is 6.04 Å². The maximum absolute atomic E-state index is 9.55. The van der Waals surface area contributed by atoms with Crippen LogP contribution in [0.3, 0.4) is 0 Å². The lowest BCUT2D eigenvalue weighted by atomic mass is 10.0. The maximum Gasteiger partial charge on any atom is 0.0527 e. The Hall–Kier alpha value is -0.860.